The van der Waals surface area contributed by atoms with Crippen molar-refractivity contribution < 1.29 is 4.79 Å². The molecule has 0 unspecified atom stereocenters. The molecule has 2 aromatic carbocycles. The predicted octanol–water partition coefficient (Wildman–Crippen LogP) is 5.28. The molecule has 1 fully saturated rings. The van der Waals surface area contributed by atoms with Crippen LogP contribution in [0.3, 0.4) is 0 Å². The second-order valence-corrected chi connectivity index (χ2v) is 9.69. The van der Waals surface area contributed by atoms with E-state index in [4.69, 9.17) is 0 Å². The lowest BCUT2D eigenvalue weighted by molar-refractivity contribution is -0.113. The summed E-state index contributed by atoms with van der Waals surface area (Å²) in [6.45, 7) is 6.30. The minimum absolute atomic E-state index is 0.0732. The first kappa shape index (κ1) is 23.1. The summed E-state index contributed by atoms with van der Waals surface area (Å²) >= 11 is 1.37. The lowest BCUT2D eigenvalue weighted by Crippen LogP contribution is -2.18. The van der Waals surface area contributed by atoms with Crippen molar-refractivity contribution in [1.29, 1.82) is 0 Å². The fourth-order valence-corrected chi connectivity index (χ4v) is 5.01. The average molecular weight is 485 g/mol. The van der Waals surface area contributed by atoms with E-state index in [9.17, 15) is 4.79 Å². The van der Waals surface area contributed by atoms with E-state index in [1.54, 1.807) is 12.4 Å². The molecule has 0 bridgehead atoms. The first-order valence-corrected chi connectivity index (χ1v) is 12.8. The zero-order valence-electron chi connectivity index (χ0n) is 19.9. The third-order valence-electron chi connectivity index (χ3n) is 6.15. The van der Waals surface area contributed by atoms with Gasteiger partial charge in [-0.1, -0.05) is 29.5 Å². The maximum atomic E-state index is 12.8. The minimum Gasteiger partial charge on any atom is -0.372 e. The summed E-state index contributed by atoms with van der Waals surface area (Å²) in [5.41, 5.74) is 6.17. The summed E-state index contributed by atoms with van der Waals surface area (Å²) in [5, 5.41) is 12.6. The van der Waals surface area contributed by atoms with Gasteiger partial charge >= 0.3 is 0 Å². The van der Waals surface area contributed by atoms with Crippen LogP contribution in [-0.2, 0) is 4.79 Å². The second kappa shape index (κ2) is 10.3. The third kappa shape index (κ3) is 5.22. The molecule has 0 atom stereocenters. The number of thioether (sulfide) groups is 1. The van der Waals surface area contributed by atoms with Gasteiger partial charge in [0.25, 0.3) is 0 Å². The number of pyridine rings is 1. The number of amides is 1. The van der Waals surface area contributed by atoms with Gasteiger partial charge in [0.05, 0.1) is 5.75 Å². The monoisotopic (exact) mass is 484 g/mol. The van der Waals surface area contributed by atoms with Crippen molar-refractivity contribution in [2.45, 2.75) is 31.8 Å². The quantitative estimate of drug-likeness (QED) is 0.360. The molecule has 4 aromatic rings. The standard InChI is InChI=1S/C27H28N6OS/c1-19-5-7-22(8-6-19)33-26(21-11-13-28-14-12-21)30-31-27(33)35-18-25(34)29-24-10-9-23(17-20(24)2)32-15-3-4-16-32/h5-14,17H,3-4,15-16,18H2,1-2H3,(H,29,34). The predicted molar refractivity (Wildman–Crippen MR) is 141 cm³/mol. The molecule has 1 aliphatic heterocycles. The summed E-state index contributed by atoms with van der Waals surface area (Å²) in [7, 11) is 0. The number of aryl methyl sites for hydroxylation is 2. The van der Waals surface area contributed by atoms with Gasteiger partial charge in [0.2, 0.25) is 5.91 Å². The van der Waals surface area contributed by atoms with Crippen LogP contribution in [0.25, 0.3) is 17.1 Å². The third-order valence-corrected chi connectivity index (χ3v) is 7.08. The van der Waals surface area contributed by atoms with Crippen molar-refractivity contribution in [1.82, 2.24) is 19.7 Å². The normalized spacial score (nSPS) is 13.3. The Bertz CT molecular complexity index is 1310. The highest BCUT2D eigenvalue weighted by molar-refractivity contribution is 7.99. The Morgan fingerprint density at radius 1 is 0.943 bits per heavy atom. The summed E-state index contributed by atoms with van der Waals surface area (Å²) in [6, 6.07) is 18.3. The Hall–Kier alpha value is -3.65. The lowest BCUT2D eigenvalue weighted by Gasteiger charge is -2.19. The van der Waals surface area contributed by atoms with E-state index in [0.29, 0.717) is 11.0 Å². The maximum absolute atomic E-state index is 12.8. The summed E-state index contributed by atoms with van der Waals surface area (Å²) in [4.78, 5) is 19.3. The summed E-state index contributed by atoms with van der Waals surface area (Å²) < 4.78 is 1.99. The lowest BCUT2D eigenvalue weighted by atomic mass is 10.1. The van der Waals surface area contributed by atoms with Crippen LogP contribution in [0.15, 0.2) is 72.1 Å². The van der Waals surface area contributed by atoms with Crippen molar-refractivity contribution in [3.8, 4) is 17.1 Å². The van der Waals surface area contributed by atoms with Crippen LogP contribution in [0.4, 0.5) is 11.4 Å². The smallest absolute Gasteiger partial charge is 0.234 e. The maximum Gasteiger partial charge on any atom is 0.234 e. The fraction of sp³-hybridized carbons (Fsp3) is 0.259. The Kier molecular flexibility index (Phi) is 6.81. The highest BCUT2D eigenvalue weighted by atomic mass is 32.2. The average Bonchev–Trinajstić information content (AvgIpc) is 3.56. The molecule has 0 spiro atoms. The molecule has 1 N–H and O–H groups in total. The fourth-order valence-electron chi connectivity index (χ4n) is 4.25. The summed E-state index contributed by atoms with van der Waals surface area (Å²) in [5.74, 6) is 0.872. The minimum atomic E-state index is -0.0732. The van der Waals surface area contributed by atoms with Gasteiger partial charge in [-0.15, -0.1) is 10.2 Å². The number of hydrogen-bond acceptors (Lipinski definition) is 6. The molecule has 8 heteroatoms. The molecule has 178 valence electrons. The van der Waals surface area contributed by atoms with Gasteiger partial charge in [-0.3, -0.25) is 14.3 Å². The molecule has 1 aliphatic rings. The first-order valence-electron chi connectivity index (χ1n) is 11.8. The van der Waals surface area contributed by atoms with Crippen LogP contribution in [0.2, 0.25) is 0 Å². The van der Waals surface area contributed by atoms with Crippen LogP contribution in [-0.4, -0.2) is 44.5 Å². The Morgan fingerprint density at radius 3 is 2.37 bits per heavy atom. The zero-order chi connectivity index (χ0) is 24.2. The molecule has 7 nitrogen and oxygen atoms in total. The molecule has 0 aliphatic carbocycles. The number of anilines is 2. The Labute approximate surface area is 209 Å². The van der Waals surface area contributed by atoms with Crippen LogP contribution in [0.1, 0.15) is 24.0 Å². The van der Waals surface area contributed by atoms with Gasteiger partial charge in [0, 0.05) is 48.1 Å². The van der Waals surface area contributed by atoms with Crippen LogP contribution in [0, 0.1) is 13.8 Å². The van der Waals surface area contributed by atoms with E-state index in [1.165, 1.54) is 35.9 Å². The molecule has 5 rings (SSSR count). The Morgan fingerprint density at radius 2 is 1.66 bits per heavy atom. The number of carbonyl (C=O) groups excluding carboxylic acids is 1. The first-order chi connectivity index (χ1) is 17.1. The van der Waals surface area contributed by atoms with Crippen LogP contribution >= 0.6 is 11.8 Å². The van der Waals surface area contributed by atoms with Gasteiger partial charge in [0.15, 0.2) is 11.0 Å². The van der Waals surface area contributed by atoms with Gasteiger partial charge in [-0.05, 0) is 74.7 Å². The van der Waals surface area contributed by atoms with Crippen molar-refractivity contribution in [3.63, 3.8) is 0 Å². The number of carbonyl (C=O) groups is 1. The molecule has 2 aromatic heterocycles. The van der Waals surface area contributed by atoms with Gasteiger partial charge < -0.3 is 10.2 Å². The highest BCUT2D eigenvalue weighted by Gasteiger charge is 2.18. The SMILES string of the molecule is Cc1ccc(-n2c(SCC(=O)Nc3ccc(N4CCCC4)cc3C)nnc2-c2ccncc2)cc1. The number of aromatic nitrogens is 4. The second-order valence-electron chi connectivity index (χ2n) is 8.74. The largest absolute Gasteiger partial charge is 0.372 e. The number of hydrogen-bond donors (Lipinski definition) is 1. The molecular formula is C27H28N6OS. The van der Waals surface area contributed by atoms with Crippen LogP contribution in [0.5, 0.6) is 0 Å². The van der Waals surface area contributed by atoms with Crippen molar-refractivity contribution in [3.05, 3.63) is 78.1 Å². The van der Waals surface area contributed by atoms with E-state index in [0.717, 1.165) is 35.6 Å². The number of benzene rings is 2. The molecule has 35 heavy (non-hydrogen) atoms. The van der Waals surface area contributed by atoms with Crippen molar-refractivity contribution in [2.24, 2.45) is 0 Å². The highest BCUT2D eigenvalue weighted by Crippen LogP contribution is 2.29. The van der Waals surface area contributed by atoms with Gasteiger partial charge in [-0.2, -0.15) is 0 Å². The van der Waals surface area contributed by atoms with E-state index >= 15 is 0 Å². The van der Waals surface area contributed by atoms with Crippen LogP contribution < -0.4 is 10.2 Å². The number of nitrogens with zero attached hydrogens (tertiary/aromatic N) is 5. The van der Waals surface area contributed by atoms with Crippen molar-refractivity contribution >= 4 is 29.0 Å². The number of nitrogens with one attached hydrogen (secondary N) is 1. The Balaban J connectivity index is 1.32. The molecule has 3 heterocycles. The van der Waals surface area contributed by atoms with E-state index < -0.39 is 0 Å². The van der Waals surface area contributed by atoms with Gasteiger partial charge in [-0.25, -0.2) is 0 Å². The molecule has 1 saturated heterocycles. The van der Waals surface area contributed by atoms with Crippen molar-refractivity contribution in [2.75, 3.05) is 29.1 Å². The zero-order valence-corrected chi connectivity index (χ0v) is 20.8. The van der Waals surface area contributed by atoms with E-state index in [1.807, 2.05) is 41.8 Å². The number of rotatable bonds is 7. The molecule has 0 saturated carbocycles. The molecular weight excluding hydrogens is 456 g/mol. The topological polar surface area (TPSA) is 75.9 Å². The summed E-state index contributed by atoms with van der Waals surface area (Å²) in [6.07, 6.45) is 5.96. The van der Waals surface area contributed by atoms with E-state index in [-0.39, 0.29) is 11.7 Å². The van der Waals surface area contributed by atoms with E-state index in [2.05, 4.69) is 56.6 Å². The molecule has 0 radical (unpaired) electrons. The van der Waals surface area contributed by atoms with Gasteiger partial charge in [0.1, 0.15) is 0 Å². The molecule has 1 amide bonds.